The lowest BCUT2D eigenvalue weighted by Crippen LogP contribution is -2.26. The SMILES string of the molecule is CCCNC(CC1CCC1)c1cc(Cl)sc1Cl. The van der Waals surface area contributed by atoms with Crippen LogP contribution in [0.3, 0.4) is 0 Å². The van der Waals surface area contributed by atoms with Gasteiger partial charge in [0.1, 0.15) is 0 Å². The molecule has 4 heteroatoms. The molecule has 0 aromatic carbocycles. The molecular formula is C13H19Cl2NS. The molecule has 1 unspecified atom stereocenters. The summed E-state index contributed by atoms with van der Waals surface area (Å²) < 4.78 is 1.64. The van der Waals surface area contributed by atoms with E-state index in [-0.39, 0.29) is 0 Å². The first-order valence-corrected chi connectivity index (χ1v) is 7.96. The summed E-state index contributed by atoms with van der Waals surface area (Å²) in [6.45, 7) is 3.23. The van der Waals surface area contributed by atoms with Gasteiger partial charge in [-0.2, -0.15) is 0 Å². The average molecular weight is 292 g/mol. The van der Waals surface area contributed by atoms with Gasteiger partial charge in [-0.15, -0.1) is 11.3 Å². The summed E-state index contributed by atoms with van der Waals surface area (Å²) in [5.74, 6) is 0.874. The van der Waals surface area contributed by atoms with Gasteiger partial charge in [-0.3, -0.25) is 0 Å². The average Bonchev–Trinajstić information content (AvgIpc) is 2.56. The second-order valence-corrected chi connectivity index (χ2v) is 7.10. The maximum atomic E-state index is 6.26. The molecule has 0 radical (unpaired) electrons. The number of halogens is 2. The molecule has 0 bridgehead atoms. The van der Waals surface area contributed by atoms with Crippen molar-refractivity contribution in [3.63, 3.8) is 0 Å². The highest BCUT2D eigenvalue weighted by Gasteiger charge is 2.25. The van der Waals surface area contributed by atoms with Crippen molar-refractivity contribution in [2.75, 3.05) is 6.54 Å². The Hall–Kier alpha value is 0.240. The zero-order chi connectivity index (χ0) is 12.3. The first kappa shape index (κ1) is 13.7. The zero-order valence-electron chi connectivity index (χ0n) is 10.1. The molecule has 1 atom stereocenters. The van der Waals surface area contributed by atoms with Crippen LogP contribution in [0.4, 0.5) is 0 Å². The van der Waals surface area contributed by atoms with Gasteiger partial charge >= 0.3 is 0 Å². The maximum absolute atomic E-state index is 6.26. The molecule has 0 saturated heterocycles. The second-order valence-electron chi connectivity index (χ2n) is 4.82. The molecule has 1 heterocycles. The normalized spacial score (nSPS) is 18.1. The van der Waals surface area contributed by atoms with Crippen LogP contribution in [0.5, 0.6) is 0 Å². The van der Waals surface area contributed by atoms with E-state index in [1.807, 2.05) is 6.07 Å². The molecule has 1 N–H and O–H groups in total. The Balaban J connectivity index is 2.04. The summed E-state index contributed by atoms with van der Waals surface area (Å²) in [5.41, 5.74) is 1.20. The summed E-state index contributed by atoms with van der Waals surface area (Å²) in [5, 5.41) is 3.60. The molecule has 96 valence electrons. The molecule has 1 nitrogen and oxygen atoms in total. The van der Waals surface area contributed by atoms with Gasteiger partial charge in [-0.25, -0.2) is 0 Å². The smallest absolute Gasteiger partial charge is 0.0991 e. The Bertz CT molecular complexity index is 360. The predicted molar refractivity (Wildman–Crippen MR) is 77.3 cm³/mol. The minimum atomic E-state index is 0.386. The summed E-state index contributed by atoms with van der Waals surface area (Å²) in [4.78, 5) is 0. The third-order valence-electron chi connectivity index (χ3n) is 3.49. The number of rotatable bonds is 6. The van der Waals surface area contributed by atoms with Gasteiger partial charge in [0.15, 0.2) is 0 Å². The highest BCUT2D eigenvalue weighted by molar-refractivity contribution is 7.20. The fraction of sp³-hybridized carbons (Fsp3) is 0.692. The van der Waals surface area contributed by atoms with Crippen LogP contribution in [-0.2, 0) is 0 Å². The van der Waals surface area contributed by atoms with Crippen LogP contribution in [0.25, 0.3) is 0 Å². The van der Waals surface area contributed by atoms with Crippen molar-refractivity contribution in [3.05, 3.63) is 20.3 Å². The quantitative estimate of drug-likeness (QED) is 0.751. The van der Waals surface area contributed by atoms with Crippen molar-refractivity contribution in [2.45, 2.75) is 45.1 Å². The standard InChI is InChI=1S/C13H19Cl2NS/c1-2-6-16-11(7-9-4-3-5-9)10-8-12(14)17-13(10)15/h8-9,11,16H,2-7H2,1H3. The van der Waals surface area contributed by atoms with E-state index in [2.05, 4.69) is 12.2 Å². The van der Waals surface area contributed by atoms with E-state index in [0.717, 1.165) is 27.6 Å². The van der Waals surface area contributed by atoms with E-state index in [4.69, 9.17) is 23.2 Å². The van der Waals surface area contributed by atoms with Crippen molar-refractivity contribution in [3.8, 4) is 0 Å². The first-order chi connectivity index (χ1) is 8.20. The van der Waals surface area contributed by atoms with Gasteiger partial charge < -0.3 is 5.32 Å². The maximum Gasteiger partial charge on any atom is 0.0991 e. The lowest BCUT2D eigenvalue weighted by atomic mass is 9.80. The number of hydrogen-bond donors (Lipinski definition) is 1. The van der Waals surface area contributed by atoms with E-state index in [0.29, 0.717) is 6.04 Å². The minimum absolute atomic E-state index is 0.386. The molecule has 0 spiro atoms. The third-order valence-corrected chi connectivity index (χ3v) is 5.01. The lowest BCUT2D eigenvalue weighted by molar-refractivity contribution is 0.261. The van der Waals surface area contributed by atoms with Gasteiger partial charge in [0.25, 0.3) is 0 Å². The number of nitrogens with one attached hydrogen (secondary N) is 1. The molecular weight excluding hydrogens is 273 g/mol. The Morgan fingerprint density at radius 3 is 2.71 bits per heavy atom. The Morgan fingerprint density at radius 2 is 2.24 bits per heavy atom. The van der Waals surface area contributed by atoms with Crippen LogP contribution in [0, 0.1) is 5.92 Å². The van der Waals surface area contributed by atoms with Crippen molar-refractivity contribution < 1.29 is 0 Å². The molecule has 1 aromatic rings. The van der Waals surface area contributed by atoms with Gasteiger partial charge in [0.05, 0.1) is 8.67 Å². The van der Waals surface area contributed by atoms with E-state index >= 15 is 0 Å². The summed E-state index contributed by atoms with van der Waals surface area (Å²) >= 11 is 13.8. The molecule has 1 aliphatic carbocycles. The molecule has 0 amide bonds. The molecule has 0 aliphatic heterocycles. The molecule has 17 heavy (non-hydrogen) atoms. The molecule has 1 aromatic heterocycles. The number of thiophene rings is 1. The topological polar surface area (TPSA) is 12.0 Å². The van der Waals surface area contributed by atoms with Crippen LogP contribution in [0.2, 0.25) is 8.67 Å². The van der Waals surface area contributed by atoms with Crippen LogP contribution in [-0.4, -0.2) is 6.54 Å². The van der Waals surface area contributed by atoms with Gasteiger partial charge in [0.2, 0.25) is 0 Å². The van der Waals surface area contributed by atoms with Crippen molar-refractivity contribution in [2.24, 2.45) is 5.92 Å². The number of hydrogen-bond acceptors (Lipinski definition) is 2. The van der Waals surface area contributed by atoms with Crippen LogP contribution >= 0.6 is 34.5 Å². The minimum Gasteiger partial charge on any atom is -0.310 e. The van der Waals surface area contributed by atoms with Crippen molar-refractivity contribution >= 4 is 34.5 Å². The van der Waals surface area contributed by atoms with E-state index in [9.17, 15) is 0 Å². The third kappa shape index (κ3) is 3.60. The van der Waals surface area contributed by atoms with E-state index in [1.54, 1.807) is 0 Å². The highest BCUT2D eigenvalue weighted by Crippen LogP contribution is 2.40. The monoisotopic (exact) mass is 291 g/mol. The molecule has 2 rings (SSSR count). The Labute approximate surface area is 118 Å². The van der Waals surface area contributed by atoms with E-state index < -0.39 is 0 Å². The van der Waals surface area contributed by atoms with Gasteiger partial charge in [-0.05, 0) is 31.4 Å². The summed E-state index contributed by atoms with van der Waals surface area (Å²) in [6.07, 6.45) is 6.49. The second kappa shape index (κ2) is 6.42. The van der Waals surface area contributed by atoms with Crippen molar-refractivity contribution in [1.29, 1.82) is 0 Å². The Morgan fingerprint density at radius 1 is 1.47 bits per heavy atom. The molecule has 1 saturated carbocycles. The fourth-order valence-corrected chi connectivity index (χ4v) is 3.87. The highest BCUT2D eigenvalue weighted by atomic mass is 35.5. The fourth-order valence-electron chi connectivity index (χ4n) is 2.29. The van der Waals surface area contributed by atoms with Crippen LogP contribution in [0.1, 0.15) is 50.6 Å². The lowest BCUT2D eigenvalue weighted by Gasteiger charge is -2.30. The van der Waals surface area contributed by atoms with E-state index in [1.165, 1.54) is 42.6 Å². The van der Waals surface area contributed by atoms with Crippen LogP contribution < -0.4 is 5.32 Å². The zero-order valence-corrected chi connectivity index (χ0v) is 12.5. The van der Waals surface area contributed by atoms with Crippen molar-refractivity contribution in [1.82, 2.24) is 5.32 Å². The first-order valence-electron chi connectivity index (χ1n) is 6.38. The Kier molecular flexibility index (Phi) is 5.16. The molecule has 1 fully saturated rings. The summed E-state index contributed by atoms with van der Waals surface area (Å²) in [6, 6.07) is 2.41. The van der Waals surface area contributed by atoms with Crippen LogP contribution in [0.15, 0.2) is 6.07 Å². The molecule has 1 aliphatic rings. The van der Waals surface area contributed by atoms with Gasteiger partial charge in [-0.1, -0.05) is 49.4 Å². The largest absolute Gasteiger partial charge is 0.310 e. The summed E-state index contributed by atoms with van der Waals surface area (Å²) in [7, 11) is 0. The predicted octanol–water partition coefficient (Wildman–Crippen LogP) is 5.29. The van der Waals surface area contributed by atoms with Gasteiger partial charge in [0, 0.05) is 11.6 Å².